The molecule has 120 valence electrons. The highest BCUT2D eigenvalue weighted by molar-refractivity contribution is 5.74. The number of amides is 1. The van der Waals surface area contributed by atoms with E-state index in [1.165, 1.54) is 6.92 Å². The zero-order valence-electron chi connectivity index (χ0n) is 13.4. The van der Waals surface area contributed by atoms with Crippen LogP contribution < -0.4 is 11.1 Å². The molecule has 0 unspecified atom stereocenters. The van der Waals surface area contributed by atoms with Crippen LogP contribution in [0.2, 0.25) is 0 Å². The second-order valence-corrected chi connectivity index (χ2v) is 5.40. The number of unbranched alkanes of at least 4 members (excludes halogenated alkanes) is 2. The molecule has 1 aliphatic rings. The Labute approximate surface area is 127 Å². The number of hydrogen-bond acceptors (Lipinski definition) is 4. The Balaban J connectivity index is 2.71. The van der Waals surface area contributed by atoms with Crippen molar-refractivity contribution < 1.29 is 14.3 Å². The molecular formula is C16H28N2O3. The lowest BCUT2D eigenvalue weighted by atomic mass is 10.0. The van der Waals surface area contributed by atoms with E-state index >= 15 is 0 Å². The molecule has 5 heteroatoms. The number of ether oxygens (including phenoxy) is 2. The summed E-state index contributed by atoms with van der Waals surface area (Å²) in [4.78, 5) is 11.4. The summed E-state index contributed by atoms with van der Waals surface area (Å²) in [7, 11) is 0. The van der Waals surface area contributed by atoms with Gasteiger partial charge in [-0.05, 0) is 37.1 Å². The Bertz CT molecular complexity index is 377. The molecule has 0 saturated heterocycles. The minimum absolute atomic E-state index is 0.155. The first kappa shape index (κ1) is 17.9. The molecule has 0 heterocycles. The average molecular weight is 296 g/mol. The van der Waals surface area contributed by atoms with Gasteiger partial charge in [-0.1, -0.05) is 26.7 Å². The van der Waals surface area contributed by atoms with Crippen molar-refractivity contribution in [3.05, 3.63) is 24.3 Å². The fraction of sp³-hybridized carbons (Fsp3) is 0.688. The molecule has 0 saturated carbocycles. The highest BCUT2D eigenvalue weighted by atomic mass is 16.5. The largest absolute Gasteiger partial charge is 0.354 e. The van der Waals surface area contributed by atoms with Crippen molar-refractivity contribution in [2.45, 2.75) is 57.9 Å². The number of carbonyl (C=O) groups excluding carboxylic acids is 1. The summed E-state index contributed by atoms with van der Waals surface area (Å²) in [5.74, 6) is -0.155. The van der Waals surface area contributed by atoms with Crippen molar-refractivity contribution in [2.24, 2.45) is 5.73 Å². The van der Waals surface area contributed by atoms with E-state index in [0.717, 1.165) is 25.7 Å². The third-order valence-corrected chi connectivity index (χ3v) is 3.24. The second kappa shape index (κ2) is 8.32. The Morgan fingerprint density at radius 1 is 1.05 bits per heavy atom. The van der Waals surface area contributed by atoms with Crippen molar-refractivity contribution in [2.75, 3.05) is 13.2 Å². The summed E-state index contributed by atoms with van der Waals surface area (Å²) in [5, 5.41) is 2.81. The molecular weight excluding hydrogens is 268 g/mol. The molecule has 0 aromatic heterocycles. The molecule has 1 rings (SSSR count). The van der Waals surface area contributed by atoms with Crippen LogP contribution in [0.3, 0.4) is 0 Å². The van der Waals surface area contributed by atoms with Crippen molar-refractivity contribution in [3.8, 4) is 0 Å². The maximum Gasteiger partial charge on any atom is 0.219 e. The van der Waals surface area contributed by atoms with E-state index in [9.17, 15) is 4.79 Å². The van der Waals surface area contributed by atoms with Gasteiger partial charge < -0.3 is 14.8 Å². The van der Waals surface area contributed by atoms with Crippen LogP contribution in [0.1, 0.15) is 46.5 Å². The maximum atomic E-state index is 11.4. The summed E-state index contributed by atoms with van der Waals surface area (Å²) in [6, 6.07) is 0. The predicted molar refractivity (Wildman–Crippen MR) is 83.5 cm³/mol. The summed E-state index contributed by atoms with van der Waals surface area (Å²) >= 11 is 0. The van der Waals surface area contributed by atoms with Gasteiger partial charge in [0.25, 0.3) is 0 Å². The molecule has 0 bridgehead atoms. The first-order chi connectivity index (χ1) is 9.95. The zero-order chi connectivity index (χ0) is 15.8. The number of carbonyl (C=O) groups is 1. The van der Waals surface area contributed by atoms with Crippen LogP contribution in [0.5, 0.6) is 0 Å². The fourth-order valence-corrected chi connectivity index (χ4v) is 1.98. The summed E-state index contributed by atoms with van der Waals surface area (Å²) in [6.07, 6.45) is 11.0. The van der Waals surface area contributed by atoms with Crippen molar-refractivity contribution >= 4 is 5.91 Å². The molecule has 0 fully saturated rings. The van der Waals surface area contributed by atoms with Gasteiger partial charge in [-0.2, -0.15) is 0 Å². The number of nitrogens with one attached hydrogen (secondary N) is 1. The lowest BCUT2D eigenvalue weighted by Crippen LogP contribution is -2.51. The van der Waals surface area contributed by atoms with Crippen LogP contribution in [-0.4, -0.2) is 30.6 Å². The van der Waals surface area contributed by atoms with Gasteiger partial charge in [-0.3, -0.25) is 10.5 Å². The quantitative estimate of drug-likeness (QED) is 0.389. The highest BCUT2D eigenvalue weighted by Crippen LogP contribution is 2.23. The normalized spacial score (nSPS) is 27.8. The molecule has 0 atom stereocenters. The third kappa shape index (κ3) is 5.99. The van der Waals surface area contributed by atoms with Crippen LogP contribution in [0.25, 0.3) is 0 Å². The Morgan fingerprint density at radius 3 is 2.05 bits per heavy atom. The van der Waals surface area contributed by atoms with Gasteiger partial charge >= 0.3 is 0 Å². The maximum absolute atomic E-state index is 11.4. The minimum atomic E-state index is -0.925. The molecule has 0 aliphatic heterocycles. The van der Waals surface area contributed by atoms with E-state index < -0.39 is 11.4 Å². The lowest BCUT2D eigenvalue weighted by Gasteiger charge is -2.35. The van der Waals surface area contributed by atoms with E-state index in [2.05, 4.69) is 19.2 Å². The van der Waals surface area contributed by atoms with E-state index in [1.54, 1.807) is 24.3 Å². The molecule has 0 spiro atoms. The Hall–Kier alpha value is -1.17. The van der Waals surface area contributed by atoms with Crippen molar-refractivity contribution in [3.63, 3.8) is 0 Å². The number of rotatable bonds is 9. The van der Waals surface area contributed by atoms with Gasteiger partial charge in [0.2, 0.25) is 5.91 Å². The summed E-state index contributed by atoms with van der Waals surface area (Å²) in [5.41, 5.74) is 4.30. The SMILES string of the molecule is CCCCOC1(N)C=CC(NC(C)=O)(OCCCC)C=C1. The van der Waals surface area contributed by atoms with Crippen molar-refractivity contribution in [1.82, 2.24) is 5.32 Å². The van der Waals surface area contributed by atoms with Gasteiger partial charge in [0, 0.05) is 13.5 Å². The van der Waals surface area contributed by atoms with Gasteiger partial charge in [-0.25, -0.2) is 0 Å². The Morgan fingerprint density at radius 2 is 1.57 bits per heavy atom. The lowest BCUT2D eigenvalue weighted by molar-refractivity contribution is -0.125. The first-order valence-electron chi connectivity index (χ1n) is 7.71. The fourth-order valence-electron chi connectivity index (χ4n) is 1.98. The predicted octanol–water partition coefficient (Wildman–Crippen LogP) is 2.23. The van der Waals surface area contributed by atoms with Gasteiger partial charge in [0.15, 0.2) is 11.4 Å². The summed E-state index contributed by atoms with van der Waals surface area (Å²) < 4.78 is 11.5. The second-order valence-electron chi connectivity index (χ2n) is 5.40. The molecule has 0 radical (unpaired) electrons. The van der Waals surface area contributed by atoms with Crippen LogP contribution in [0, 0.1) is 0 Å². The summed E-state index contributed by atoms with van der Waals surface area (Å²) in [6.45, 7) is 6.83. The van der Waals surface area contributed by atoms with Gasteiger partial charge in [0.1, 0.15) is 0 Å². The molecule has 5 nitrogen and oxygen atoms in total. The van der Waals surface area contributed by atoms with E-state index in [1.807, 2.05) is 0 Å². The smallest absolute Gasteiger partial charge is 0.219 e. The minimum Gasteiger partial charge on any atom is -0.354 e. The monoisotopic (exact) mass is 296 g/mol. The number of nitrogens with two attached hydrogens (primary N) is 1. The van der Waals surface area contributed by atoms with Gasteiger partial charge in [-0.15, -0.1) is 0 Å². The van der Waals surface area contributed by atoms with Crippen molar-refractivity contribution in [1.29, 1.82) is 0 Å². The van der Waals surface area contributed by atoms with Crippen LogP contribution in [-0.2, 0) is 14.3 Å². The van der Waals surface area contributed by atoms with Crippen LogP contribution in [0.4, 0.5) is 0 Å². The topological polar surface area (TPSA) is 73.6 Å². The van der Waals surface area contributed by atoms with E-state index in [-0.39, 0.29) is 5.91 Å². The van der Waals surface area contributed by atoms with Crippen LogP contribution >= 0.6 is 0 Å². The number of hydrogen-bond donors (Lipinski definition) is 2. The standard InChI is InChI=1S/C16H28N2O3/c1-4-6-12-20-15(17)8-10-16(11-9-15,18-14(3)19)21-13-7-5-2/h8-11H,4-7,12-13,17H2,1-3H3,(H,18,19). The van der Waals surface area contributed by atoms with E-state index in [4.69, 9.17) is 15.2 Å². The highest BCUT2D eigenvalue weighted by Gasteiger charge is 2.33. The molecule has 1 aliphatic carbocycles. The molecule has 0 aromatic rings. The molecule has 1 amide bonds. The average Bonchev–Trinajstić information content (AvgIpc) is 2.43. The van der Waals surface area contributed by atoms with E-state index in [0.29, 0.717) is 13.2 Å². The third-order valence-electron chi connectivity index (χ3n) is 3.24. The van der Waals surface area contributed by atoms with Gasteiger partial charge in [0.05, 0.1) is 6.61 Å². The molecule has 3 N–H and O–H groups in total. The zero-order valence-corrected chi connectivity index (χ0v) is 13.4. The van der Waals surface area contributed by atoms with Crippen LogP contribution in [0.15, 0.2) is 24.3 Å². The molecule has 21 heavy (non-hydrogen) atoms. The first-order valence-corrected chi connectivity index (χ1v) is 7.71. The Kier molecular flexibility index (Phi) is 7.08. The molecule has 0 aromatic carbocycles.